The maximum absolute atomic E-state index is 14.9. The zero-order chi connectivity index (χ0) is 46.8. The van der Waals surface area contributed by atoms with Crippen LogP contribution >= 0.6 is 22.7 Å². The van der Waals surface area contributed by atoms with Crippen LogP contribution in [0.25, 0.3) is 20.2 Å². The minimum absolute atomic E-state index is 0.00645. The standard InChI is InChI=1S/C50H50N6O8S2/c1-25-35(47(58)62-20-26-12-13-26)36(33-22-65-42-29(18-51)8-6-10-31(33)42)39(48(59)63-21-27-14-15-27)44(53)55(25)56-41(28-16-17-28)38(46(57)61-5)37(40(45(56)54)49(60)64-24-50(2,3)4)34-23-66-43-30(19-52)9-7-11-32(34)43/h6-11,22-23,26-28,36-37H,12-17,20-21,24,53-54H2,1-5H3. The zero-order valence-electron chi connectivity index (χ0n) is 37.4. The number of nitriles is 2. The third-order valence-corrected chi connectivity index (χ3v) is 14.8. The van der Waals surface area contributed by atoms with Crippen LogP contribution in [0.2, 0.25) is 0 Å². The first-order valence-corrected chi connectivity index (χ1v) is 23.9. The fourth-order valence-electron chi connectivity index (χ4n) is 8.84. The van der Waals surface area contributed by atoms with E-state index in [1.807, 2.05) is 43.7 Å². The summed E-state index contributed by atoms with van der Waals surface area (Å²) in [6, 6.07) is 15.1. The maximum atomic E-state index is 14.9. The van der Waals surface area contributed by atoms with E-state index in [9.17, 15) is 29.7 Å². The number of carbonyl (C=O) groups is 4. The Morgan fingerprint density at radius 1 is 0.682 bits per heavy atom. The lowest BCUT2D eigenvalue weighted by atomic mass is 9.79. The number of thiophene rings is 2. The molecule has 4 aromatic rings. The molecule has 3 saturated carbocycles. The number of nitrogens with two attached hydrogens (primary N) is 2. The van der Waals surface area contributed by atoms with Crippen molar-refractivity contribution in [3.63, 3.8) is 0 Å². The predicted octanol–water partition coefficient (Wildman–Crippen LogP) is 8.22. The molecule has 2 aromatic heterocycles. The number of methoxy groups -OCH3 is 1. The highest BCUT2D eigenvalue weighted by molar-refractivity contribution is 7.18. The molecule has 2 aromatic carbocycles. The van der Waals surface area contributed by atoms with Crippen LogP contribution in [-0.4, -0.2) is 60.8 Å². The largest absolute Gasteiger partial charge is 0.466 e. The van der Waals surface area contributed by atoms with Crippen molar-refractivity contribution in [2.45, 2.75) is 78.1 Å². The second kappa shape index (κ2) is 17.3. The van der Waals surface area contributed by atoms with Gasteiger partial charge in [0.05, 0.1) is 93.0 Å². The van der Waals surface area contributed by atoms with Crippen molar-refractivity contribution in [2.75, 3.05) is 26.9 Å². The molecule has 0 saturated heterocycles. The smallest absolute Gasteiger partial charge is 0.338 e. The van der Waals surface area contributed by atoms with Crippen LogP contribution < -0.4 is 11.5 Å². The molecule has 4 heterocycles. The van der Waals surface area contributed by atoms with Gasteiger partial charge >= 0.3 is 23.9 Å². The summed E-state index contributed by atoms with van der Waals surface area (Å²) in [5.41, 5.74) is 16.9. The molecule has 66 heavy (non-hydrogen) atoms. The Morgan fingerprint density at radius 2 is 1.15 bits per heavy atom. The quantitative estimate of drug-likeness (QED) is 0.0956. The van der Waals surface area contributed by atoms with Crippen molar-refractivity contribution in [1.29, 1.82) is 10.5 Å². The number of hydrogen-bond acceptors (Lipinski definition) is 16. The lowest BCUT2D eigenvalue weighted by Crippen LogP contribution is -2.52. The molecular formula is C50H50N6O8S2. The maximum Gasteiger partial charge on any atom is 0.338 e. The Labute approximate surface area is 390 Å². The second-order valence-corrected chi connectivity index (χ2v) is 20.6. The van der Waals surface area contributed by atoms with E-state index in [4.69, 9.17) is 30.4 Å². The van der Waals surface area contributed by atoms with Crippen LogP contribution in [0.3, 0.4) is 0 Å². The van der Waals surface area contributed by atoms with E-state index in [1.165, 1.54) is 39.8 Å². The molecule has 340 valence electrons. The zero-order valence-corrected chi connectivity index (χ0v) is 39.0. The molecule has 2 aliphatic heterocycles. The minimum Gasteiger partial charge on any atom is -0.466 e. The molecule has 0 spiro atoms. The number of allylic oxidation sites excluding steroid dienone is 2. The van der Waals surface area contributed by atoms with Gasteiger partial charge in [-0.1, -0.05) is 45.0 Å². The Hall–Kier alpha value is -6.62. The molecule has 2 atom stereocenters. The summed E-state index contributed by atoms with van der Waals surface area (Å²) in [6.45, 7) is 7.70. The topological polar surface area (TPSA) is 211 Å². The van der Waals surface area contributed by atoms with Gasteiger partial charge in [0.2, 0.25) is 0 Å². The van der Waals surface area contributed by atoms with Crippen LogP contribution in [0.15, 0.2) is 92.5 Å². The van der Waals surface area contributed by atoms with Crippen molar-refractivity contribution >= 4 is 66.7 Å². The van der Waals surface area contributed by atoms with Crippen molar-refractivity contribution in [3.05, 3.63) is 115 Å². The second-order valence-electron chi connectivity index (χ2n) is 18.8. The number of hydrogen-bond donors (Lipinski definition) is 2. The van der Waals surface area contributed by atoms with Gasteiger partial charge in [-0.3, -0.25) is 0 Å². The van der Waals surface area contributed by atoms with Crippen LogP contribution in [0.5, 0.6) is 0 Å². The number of carbonyl (C=O) groups excluding carboxylic acids is 4. The predicted molar refractivity (Wildman–Crippen MR) is 247 cm³/mol. The summed E-state index contributed by atoms with van der Waals surface area (Å²) in [5, 5.41) is 28.0. The number of ether oxygens (including phenoxy) is 4. The lowest BCUT2D eigenvalue weighted by Gasteiger charge is -2.47. The first kappa shape index (κ1) is 44.6. The van der Waals surface area contributed by atoms with Crippen LogP contribution in [0, 0.1) is 45.8 Å². The van der Waals surface area contributed by atoms with Crippen molar-refractivity contribution in [3.8, 4) is 12.1 Å². The highest BCUT2D eigenvalue weighted by Crippen LogP contribution is 2.55. The van der Waals surface area contributed by atoms with E-state index in [0.29, 0.717) is 61.0 Å². The van der Waals surface area contributed by atoms with E-state index in [1.54, 1.807) is 31.2 Å². The molecular weight excluding hydrogens is 877 g/mol. The minimum atomic E-state index is -1.14. The Bertz CT molecular complexity index is 2890. The normalized spacial score (nSPS) is 20.2. The van der Waals surface area contributed by atoms with Gasteiger partial charge in [-0.15, -0.1) is 22.7 Å². The third-order valence-electron chi connectivity index (χ3n) is 12.7. The van der Waals surface area contributed by atoms with E-state index >= 15 is 0 Å². The molecule has 16 heteroatoms. The van der Waals surface area contributed by atoms with E-state index in [2.05, 4.69) is 12.1 Å². The van der Waals surface area contributed by atoms with Gasteiger partial charge in [-0.25, -0.2) is 29.2 Å². The number of fused-ring (bicyclic) bond motifs is 2. The molecule has 2 unspecified atom stereocenters. The summed E-state index contributed by atoms with van der Waals surface area (Å²) in [6.07, 6.45) is 4.86. The molecule has 4 N–H and O–H groups in total. The van der Waals surface area contributed by atoms with E-state index in [-0.39, 0.29) is 77.2 Å². The number of esters is 4. The number of benzene rings is 2. The fraction of sp³-hybridized carbons (Fsp3) is 0.400. The number of hydrazine groups is 1. The van der Waals surface area contributed by atoms with Gasteiger partial charge < -0.3 is 30.4 Å². The van der Waals surface area contributed by atoms with Gasteiger partial charge in [-0.2, -0.15) is 10.5 Å². The first-order chi connectivity index (χ1) is 31.7. The average Bonchev–Trinajstić information content (AvgIpc) is 4.23. The van der Waals surface area contributed by atoms with E-state index < -0.39 is 41.1 Å². The van der Waals surface area contributed by atoms with E-state index in [0.717, 1.165) is 25.7 Å². The van der Waals surface area contributed by atoms with Crippen LogP contribution in [0.1, 0.15) is 100 Å². The van der Waals surface area contributed by atoms with Gasteiger partial charge in [0.15, 0.2) is 0 Å². The Balaban J connectivity index is 1.33. The number of rotatable bonds is 13. The monoisotopic (exact) mass is 926 g/mol. The van der Waals surface area contributed by atoms with Crippen molar-refractivity contribution in [1.82, 2.24) is 10.0 Å². The summed E-state index contributed by atoms with van der Waals surface area (Å²) in [5.74, 6) is -5.53. The molecule has 0 radical (unpaired) electrons. The summed E-state index contributed by atoms with van der Waals surface area (Å²) in [7, 11) is 1.26. The van der Waals surface area contributed by atoms with Crippen LogP contribution in [-0.2, 0) is 38.1 Å². The SMILES string of the molecule is COC(=O)C1=C(C2CC2)N(N2C(C)=C(C(=O)OCC3CC3)C(c3csc4c(C#N)cccc34)C(C(=O)OCC3CC3)=C2N)C(N)=C(C(=O)OCC(C)(C)C)C1c1csc2c(C#N)cccc12. The Kier molecular flexibility index (Phi) is 11.7. The summed E-state index contributed by atoms with van der Waals surface area (Å²) >= 11 is 2.62. The van der Waals surface area contributed by atoms with Gasteiger partial charge in [0.25, 0.3) is 0 Å². The molecule has 3 fully saturated rings. The molecule has 5 aliphatic rings. The molecule has 0 amide bonds. The Morgan fingerprint density at radius 3 is 1.61 bits per heavy atom. The third kappa shape index (κ3) is 8.07. The summed E-state index contributed by atoms with van der Waals surface area (Å²) < 4.78 is 25.1. The summed E-state index contributed by atoms with van der Waals surface area (Å²) in [4.78, 5) is 59.5. The van der Waals surface area contributed by atoms with Crippen LogP contribution in [0.4, 0.5) is 0 Å². The molecule has 14 nitrogen and oxygen atoms in total. The lowest BCUT2D eigenvalue weighted by molar-refractivity contribution is -0.144. The van der Waals surface area contributed by atoms with Gasteiger partial charge in [0, 0.05) is 5.92 Å². The highest BCUT2D eigenvalue weighted by atomic mass is 32.1. The van der Waals surface area contributed by atoms with Crippen molar-refractivity contribution in [2.24, 2.45) is 34.6 Å². The molecule has 3 aliphatic carbocycles. The molecule has 0 bridgehead atoms. The number of nitrogens with zero attached hydrogens (tertiary/aromatic N) is 4. The first-order valence-electron chi connectivity index (χ1n) is 22.1. The van der Waals surface area contributed by atoms with Gasteiger partial charge in [0.1, 0.15) is 23.8 Å². The highest BCUT2D eigenvalue weighted by Gasteiger charge is 2.52. The average molecular weight is 927 g/mol. The van der Waals surface area contributed by atoms with Gasteiger partial charge in [-0.05, 0) is 107 Å². The fourth-order valence-corrected chi connectivity index (χ4v) is 11.0. The van der Waals surface area contributed by atoms with Crippen molar-refractivity contribution < 1.29 is 38.1 Å². The molecule has 9 rings (SSSR count).